The van der Waals surface area contributed by atoms with Crippen molar-refractivity contribution in [3.8, 4) is 0 Å². The summed E-state index contributed by atoms with van der Waals surface area (Å²) in [5.41, 5.74) is 9.95. The molecule has 0 saturated heterocycles. The summed E-state index contributed by atoms with van der Waals surface area (Å²) in [7, 11) is 0. The van der Waals surface area contributed by atoms with E-state index in [1.807, 2.05) is 18.2 Å². The molecule has 3 nitrogen and oxygen atoms in total. The van der Waals surface area contributed by atoms with Crippen molar-refractivity contribution >= 4 is 17.2 Å². The second-order valence-corrected chi connectivity index (χ2v) is 3.83. The van der Waals surface area contributed by atoms with Crippen LogP contribution in [0.2, 0.25) is 0 Å². The van der Waals surface area contributed by atoms with Crippen molar-refractivity contribution in [2.75, 3.05) is 11.1 Å². The quantitative estimate of drug-likeness (QED) is 0.806. The van der Waals surface area contributed by atoms with Gasteiger partial charge in [-0.3, -0.25) is 0 Å². The Morgan fingerprint density at radius 1 is 1.06 bits per heavy atom. The second-order valence-electron chi connectivity index (χ2n) is 3.83. The summed E-state index contributed by atoms with van der Waals surface area (Å²) in [5.74, 6) is 0.708. The summed E-state index contributed by atoms with van der Waals surface area (Å²) < 4.78 is 0. The lowest BCUT2D eigenvalue weighted by atomic mass is 10.1. The molecule has 0 aliphatic rings. The number of hydrogen-bond donors (Lipinski definition) is 2. The van der Waals surface area contributed by atoms with Crippen molar-refractivity contribution in [2.24, 2.45) is 0 Å². The Kier molecular flexibility index (Phi) is 2.77. The molecule has 1 aromatic heterocycles. The third-order valence-corrected chi connectivity index (χ3v) is 2.56. The molecule has 3 heteroatoms. The Bertz CT molecular complexity index is 486. The lowest BCUT2D eigenvalue weighted by Gasteiger charge is -2.12. The van der Waals surface area contributed by atoms with E-state index in [0.29, 0.717) is 11.5 Å². The van der Waals surface area contributed by atoms with E-state index >= 15 is 0 Å². The van der Waals surface area contributed by atoms with Crippen LogP contribution in [0.25, 0.3) is 0 Å². The number of rotatable bonds is 2. The zero-order valence-corrected chi connectivity index (χ0v) is 9.49. The van der Waals surface area contributed by atoms with Gasteiger partial charge in [-0.15, -0.1) is 0 Å². The highest BCUT2D eigenvalue weighted by molar-refractivity contribution is 5.71. The van der Waals surface area contributed by atoms with E-state index in [2.05, 4.69) is 36.3 Å². The topological polar surface area (TPSA) is 50.9 Å². The highest BCUT2D eigenvalue weighted by atomic mass is 15.0. The van der Waals surface area contributed by atoms with Gasteiger partial charge in [-0.1, -0.05) is 18.2 Å². The molecule has 2 rings (SSSR count). The first kappa shape index (κ1) is 10.5. The van der Waals surface area contributed by atoms with E-state index in [-0.39, 0.29) is 0 Å². The van der Waals surface area contributed by atoms with Crippen LogP contribution in [0.15, 0.2) is 36.5 Å². The SMILES string of the molecule is Cc1cccc(C)c1Nc1ncccc1N. The van der Waals surface area contributed by atoms with Crippen LogP contribution in [-0.2, 0) is 0 Å². The lowest BCUT2D eigenvalue weighted by molar-refractivity contribution is 1.28. The Morgan fingerprint density at radius 2 is 1.75 bits per heavy atom. The zero-order valence-electron chi connectivity index (χ0n) is 9.49. The van der Waals surface area contributed by atoms with Crippen molar-refractivity contribution in [3.63, 3.8) is 0 Å². The van der Waals surface area contributed by atoms with E-state index in [9.17, 15) is 0 Å². The van der Waals surface area contributed by atoms with Crippen LogP contribution in [0.1, 0.15) is 11.1 Å². The number of hydrogen-bond acceptors (Lipinski definition) is 3. The molecule has 0 atom stereocenters. The average molecular weight is 213 g/mol. The van der Waals surface area contributed by atoms with Crippen LogP contribution in [0, 0.1) is 13.8 Å². The van der Waals surface area contributed by atoms with Crippen LogP contribution >= 0.6 is 0 Å². The van der Waals surface area contributed by atoms with Crippen LogP contribution < -0.4 is 11.1 Å². The normalized spacial score (nSPS) is 10.1. The summed E-state index contributed by atoms with van der Waals surface area (Å²) >= 11 is 0. The number of nitrogens with one attached hydrogen (secondary N) is 1. The third-order valence-electron chi connectivity index (χ3n) is 2.56. The highest BCUT2D eigenvalue weighted by Crippen LogP contribution is 2.25. The summed E-state index contributed by atoms with van der Waals surface area (Å²) in [4.78, 5) is 4.22. The molecule has 0 unspecified atom stereocenters. The molecule has 3 N–H and O–H groups in total. The molecule has 2 aromatic rings. The van der Waals surface area contributed by atoms with Crippen molar-refractivity contribution in [1.82, 2.24) is 4.98 Å². The summed E-state index contributed by atoms with van der Waals surface area (Å²) in [6, 6.07) is 9.83. The van der Waals surface area contributed by atoms with Gasteiger partial charge in [-0.05, 0) is 37.1 Å². The maximum Gasteiger partial charge on any atom is 0.153 e. The van der Waals surface area contributed by atoms with Gasteiger partial charge < -0.3 is 11.1 Å². The van der Waals surface area contributed by atoms with Gasteiger partial charge in [-0.25, -0.2) is 4.98 Å². The van der Waals surface area contributed by atoms with Crippen molar-refractivity contribution in [2.45, 2.75) is 13.8 Å². The Labute approximate surface area is 95.3 Å². The minimum absolute atomic E-state index is 0.658. The minimum atomic E-state index is 0.658. The van der Waals surface area contributed by atoms with Crippen molar-refractivity contribution < 1.29 is 0 Å². The van der Waals surface area contributed by atoms with Gasteiger partial charge in [0.15, 0.2) is 5.82 Å². The first-order valence-corrected chi connectivity index (χ1v) is 5.22. The lowest BCUT2D eigenvalue weighted by Crippen LogP contribution is -2.01. The summed E-state index contributed by atoms with van der Waals surface area (Å²) in [6.45, 7) is 4.13. The van der Waals surface area contributed by atoms with Gasteiger partial charge in [0.25, 0.3) is 0 Å². The molecule has 0 saturated carbocycles. The number of para-hydroxylation sites is 1. The molecule has 0 fully saturated rings. The fraction of sp³-hybridized carbons (Fsp3) is 0.154. The van der Waals surface area contributed by atoms with E-state index in [1.165, 1.54) is 11.1 Å². The second kappa shape index (κ2) is 4.23. The number of nitrogens with two attached hydrogens (primary N) is 1. The molecule has 0 radical (unpaired) electrons. The predicted octanol–water partition coefficient (Wildman–Crippen LogP) is 3.02. The van der Waals surface area contributed by atoms with Crippen molar-refractivity contribution in [1.29, 1.82) is 0 Å². The molecule has 0 bridgehead atoms. The molecule has 16 heavy (non-hydrogen) atoms. The maximum atomic E-state index is 5.84. The smallest absolute Gasteiger partial charge is 0.153 e. The molecule has 0 aliphatic carbocycles. The summed E-state index contributed by atoms with van der Waals surface area (Å²) in [5, 5.41) is 3.27. The number of benzene rings is 1. The van der Waals surface area contributed by atoms with Gasteiger partial charge >= 0.3 is 0 Å². The minimum Gasteiger partial charge on any atom is -0.396 e. The van der Waals surface area contributed by atoms with Gasteiger partial charge in [0, 0.05) is 11.9 Å². The Balaban J connectivity index is 2.38. The highest BCUT2D eigenvalue weighted by Gasteiger charge is 2.04. The molecular formula is C13H15N3. The number of anilines is 3. The Hall–Kier alpha value is -2.03. The van der Waals surface area contributed by atoms with Crippen LogP contribution in [0.3, 0.4) is 0 Å². The van der Waals surface area contributed by atoms with Gasteiger partial charge in [-0.2, -0.15) is 0 Å². The monoisotopic (exact) mass is 213 g/mol. The predicted molar refractivity (Wildman–Crippen MR) is 67.8 cm³/mol. The van der Waals surface area contributed by atoms with Gasteiger partial charge in [0.2, 0.25) is 0 Å². The first-order valence-electron chi connectivity index (χ1n) is 5.22. The van der Waals surface area contributed by atoms with Gasteiger partial charge in [0.05, 0.1) is 5.69 Å². The number of pyridine rings is 1. The number of nitrogens with zero attached hydrogens (tertiary/aromatic N) is 1. The number of aromatic nitrogens is 1. The third kappa shape index (κ3) is 1.98. The summed E-state index contributed by atoms with van der Waals surface area (Å²) in [6.07, 6.45) is 1.73. The van der Waals surface area contributed by atoms with Crippen LogP contribution in [-0.4, -0.2) is 4.98 Å². The number of aryl methyl sites for hydroxylation is 2. The van der Waals surface area contributed by atoms with Crippen molar-refractivity contribution in [3.05, 3.63) is 47.7 Å². The Morgan fingerprint density at radius 3 is 2.38 bits per heavy atom. The average Bonchev–Trinajstić information content (AvgIpc) is 2.26. The fourth-order valence-electron chi connectivity index (χ4n) is 1.65. The van der Waals surface area contributed by atoms with E-state index in [0.717, 1.165) is 5.69 Å². The molecule has 0 amide bonds. The van der Waals surface area contributed by atoms with E-state index < -0.39 is 0 Å². The maximum absolute atomic E-state index is 5.84. The molecular weight excluding hydrogens is 198 g/mol. The van der Waals surface area contributed by atoms with E-state index in [1.54, 1.807) is 6.20 Å². The van der Waals surface area contributed by atoms with E-state index in [4.69, 9.17) is 5.73 Å². The number of nitrogen functional groups attached to an aromatic ring is 1. The zero-order chi connectivity index (χ0) is 11.5. The molecule has 1 aromatic carbocycles. The fourth-order valence-corrected chi connectivity index (χ4v) is 1.65. The standard InChI is InChI=1S/C13H15N3/c1-9-5-3-6-10(2)12(9)16-13-11(14)7-4-8-15-13/h3-8H,14H2,1-2H3,(H,15,16). The first-order chi connectivity index (χ1) is 7.68. The van der Waals surface area contributed by atoms with Crippen LogP contribution in [0.5, 0.6) is 0 Å². The molecule has 1 heterocycles. The largest absolute Gasteiger partial charge is 0.396 e. The molecule has 82 valence electrons. The van der Waals surface area contributed by atoms with Gasteiger partial charge in [0.1, 0.15) is 0 Å². The molecule has 0 spiro atoms. The van der Waals surface area contributed by atoms with Crippen LogP contribution in [0.4, 0.5) is 17.2 Å². The molecule has 0 aliphatic heterocycles.